The highest BCUT2D eigenvalue weighted by Crippen LogP contribution is 2.28. The van der Waals surface area contributed by atoms with Crippen LogP contribution in [0, 0.1) is 5.92 Å². The molecule has 2 N–H and O–H groups in total. The van der Waals surface area contributed by atoms with Gasteiger partial charge in [0.1, 0.15) is 5.69 Å². The first-order valence-electron chi connectivity index (χ1n) is 6.31. The first-order valence-corrected chi connectivity index (χ1v) is 7.10. The summed E-state index contributed by atoms with van der Waals surface area (Å²) in [6.45, 7) is 1.11. The van der Waals surface area contributed by atoms with E-state index >= 15 is 0 Å². The molecule has 0 bridgehead atoms. The van der Waals surface area contributed by atoms with E-state index in [9.17, 15) is 9.90 Å². The summed E-state index contributed by atoms with van der Waals surface area (Å²) >= 11 is 3.26. The van der Waals surface area contributed by atoms with E-state index in [1.807, 2.05) is 0 Å². The van der Waals surface area contributed by atoms with Crippen molar-refractivity contribution in [3.63, 3.8) is 0 Å². The van der Waals surface area contributed by atoms with E-state index < -0.39 is 6.10 Å². The zero-order valence-corrected chi connectivity index (χ0v) is 12.1. The van der Waals surface area contributed by atoms with Gasteiger partial charge in [0.2, 0.25) is 0 Å². The van der Waals surface area contributed by atoms with Gasteiger partial charge in [-0.15, -0.1) is 0 Å². The van der Waals surface area contributed by atoms with Crippen molar-refractivity contribution >= 4 is 21.8 Å². The second-order valence-electron chi connectivity index (χ2n) is 4.68. The van der Waals surface area contributed by atoms with Gasteiger partial charge in [0.05, 0.1) is 12.7 Å². The highest BCUT2D eigenvalue weighted by molar-refractivity contribution is 9.10. The van der Waals surface area contributed by atoms with Crippen molar-refractivity contribution in [2.45, 2.75) is 18.9 Å². The van der Waals surface area contributed by atoms with Crippen molar-refractivity contribution in [2.24, 2.45) is 5.92 Å². The number of halogens is 1. The number of aliphatic hydroxyl groups excluding tert-OH is 1. The molecule has 1 unspecified atom stereocenters. The van der Waals surface area contributed by atoms with Crippen molar-refractivity contribution in [3.05, 3.63) is 28.5 Å². The minimum atomic E-state index is -0.690. The average Bonchev–Trinajstić information content (AvgIpc) is 3.20. The molecular formula is C13H17BrN2O3. The third kappa shape index (κ3) is 4.89. The predicted molar refractivity (Wildman–Crippen MR) is 73.8 cm³/mol. The van der Waals surface area contributed by atoms with Gasteiger partial charge < -0.3 is 15.2 Å². The number of ether oxygens (including phenoxy) is 1. The maximum Gasteiger partial charge on any atom is 0.271 e. The molecule has 1 fully saturated rings. The molecule has 0 aliphatic heterocycles. The molecule has 0 spiro atoms. The Morgan fingerprint density at radius 2 is 2.42 bits per heavy atom. The Hall–Kier alpha value is -0.980. The van der Waals surface area contributed by atoms with Crippen LogP contribution in [0.15, 0.2) is 22.8 Å². The molecule has 1 aromatic rings. The van der Waals surface area contributed by atoms with E-state index in [0.29, 0.717) is 22.7 Å². The van der Waals surface area contributed by atoms with E-state index in [1.54, 1.807) is 18.3 Å². The number of amides is 1. The van der Waals surface area contributed by atoms with E-state index in [0.717, 1.165) is 0 Å². The molecular weight excluding hydrogens is 312 g/mol. The van der Waals surface area contributed by atoms with Crippen LogP contribution in [0.2, 0.25) is 0 Å². The Kier molecular flexibility index (Phi) is 5.30. The number of rotatable bonds is 7. The molecule has 19 heavy (non-hydrogen) atoms. The molecule has 104 valence electrons. The second-order valence-corrected chi connectivity index (χ2v) is 5.53. The number of carbonyl (C=O) groups excluding carboxylic acids is 1. The SMILES string of the molecule is O=C(NCC(O)COCC1CC1)c1ncccc1Br. The van der Waals surface area contributed by atoms with Gasteiger partial charge in [-0.3, -0.25) is 4.79 Å². The Morgan fingerprint density at radius 3 is 3.11 bits per heavy atom. The van der Waals surface area contributed by atoms with Crippen LogP contribution < -0.4 is 5.32 Å². The lowest BCUT2D eigenvalue weighted by atomic mass is 10.3. The van der Waals surface area contributed by atoms with Gasteiger partial charge in [0.25, 0.3) is 5.91 Å². The Bertz CT molecular complexity index is 438. The van der Waals surface area contributed by atoms with E-state index in [2.05, 4.69) is 26.2 Å². The normalized spacial score (nSPS) is 16.1. The summed E-state index contributed by atoms with van der Waals surface area (Å²) in [6, 6.07) is 3.48. The summed E-state index contributed by atoms with van der Waals surface area (Å²) in [4.78, 5) is 15.8. The third-order valence-corrected chi connectivity index (χ3v) is 3.47. The predicted octanol–water partition coefficient (Wildman–Crippen LogP) is 1.36. The molecule has 6 heteroatoms. The number of nitrogens with one attached hydrogen (secondary N) is 1. The summed E-state index contributed by atoms with van der Waals surface area (Å²) in [5.74, 6) is 0.361. The van der Waals surface area contributed by atoms with Crippen LogP contribution in [-0.4, -0.2) is 41.9 Å². The van der Waals surface area contributed by atoms with Gasteiger partial charge in [-0.2, -0.15) is 0 Å². The van der Waals surface area contributed by atoms with E-state index in [4.69, 9.17) is 4.74 Å². The van der Waals surface area contributed by atoms with E-state index in [1.165, 1.54) is 12.8 Å². The summed E-state index contributed by atoms with van der Waals surface area (Å²) in [5, 5.41) is 12.3. The first kappa shape index (κ1) is 14.4. The number of aliphatic hydroxyl groups is 1. The molecule has 0 radical (unpaired) electrons. The Balaban J connectivity index is 1.68. The monoisotopic (exact) mass is 328 g/mol. The van der Waals surface area contributed by atoms with Crippen LogP contribution >= 0.6 is 15.9 Å². The molecule has 1 amide bonds. The van der Waals surface area contributed by atoms with Gasteiger partial charge in [-0.1, -0.05) is 0 Å². The Morgan fingerprint density at radius 1 is 1.63 bits per heavy atom. The number of aromatic nitrogens is 1. The summed E-state index contributed by atoms with van der Waals surface area (Å²) in [7, 11) is 0. The fraction of sp³-hybridized carbons (Fsp3) is 0.538. The van der Waals surface area contributed by atoms with Crippen LogP contribution in [-0.2, 0) is 4.74 Å². The van der Waals surface area contributed by atoms with Gasteiger partial charge >= 0.3 is 0 Å². The molecule has 1 saturated carbocycles. The molecule has 1 aliphatic carbocycles. The minimum absolute atomic E-state index is 0.159. The number of hydrogen-bond acceptors (Lipinski definition) is 4. The fourth-order valence-corrected chi connectivity index (χ4v) is 2.00. The van der Waals surface area contributed by atoms with Gasteiger partial charge in [0.15, 0.2) is 0 Å². The molecule has 2 rings (SSSR count). The van der Waals surface area contributed by atoms with Crippen molar-refractivity contribution in [2.75, 3.05) is 19.8 Å². The van der Waals surface area contributed by atoms with Gasteiger partial charge in [-0.25, -0.2) is 4.98 Å². The maximum atomic E-state index is 11.8. The second kappa shape index (κ2) is 6.98. The lowest BCUT2D eigenvalue weighted by molar-refractivity contribution is 0.0320. The van der Waals surface area contributed by atoms with Crippen LogP contribution in [0.4, 0.5) is 0 Å². The van der Waals surface area contributed by atoms with Crippen LogP contribution in [0.5, 0.6) is 0 Å². The average molecular weight is 329 g/mol. The minimum Gasteiger partial charge on any atom is -0.389 e. The Labute approximate surface area is 120 Å². The topological polar surface area (TPSA) is 71.5 Å². The smallest absolute Gasteiger partial charge is 0.271 e. The summed E-state index contributed by atoms with van der Waals surface area (Å²) < 4.78 is 5.99. The van der Waals surface area contributed by atoms with Crippen molar-refractivity contribution in [3.8, 4) is 0 Å². The first-order chi connectivity index (χ1) is 9.16. The highest BCUT2D eigenvalue weighted by Gasteiger charge is 2.21. The fourth-order valence-electron chi connectivity index (χ4n) is 1.56. The highest BCUT2D eigenvalue weighted by atomic mass is 79.9. The molecule has 5 nitrogen and oxygen atoms in total. The van der Waals surface area contributed by atoms with E-state index in [-0.39, 0.29) is 19.1 Å². The summed E-state index contributed by atoms with van der Waals surface area (Å²) in [5.41, 5.74) is 0.314. The molecule has 0 aromatic carbocycles. The van der Waals surface area contributed by atoms with Gasteiger partial charge in [0, 0.05) is 23.8 Å². The lowest BCUT2D eigenvalue weighted by Gasteiger charge is -2.12. The van der Waals surface area contributed by atoms with Crippen LogP contribution in [0.1, 0.15) is 23.3 Å². The summed E-state index contributed by atoms with van der Waals surface area (Å²) in [6.07, 6.45) is 3.31. The maximum absolute atomic E-state index is 11.8. The zero-order chi connectivity index (χ0) is 13.7. The quantitative estimate of drug-likeness (QED) is 0.792. The van der Waals surface area contributed by atoms with Gasteiger partial charge in [-0.05, 0) is 46.8 Å². The van der Waals surface area contributed by atoms with Crippen molar-refractivity contribution in [1.29, 1.82) is 0 Å². The number of pyridine rings is 1. The van der Waals surface area contributed by atoms with Crippen LogP contribution in [0.3, 0.4) is 0 Å². The number of hydrogen-bond donors (Lipinski definition) is 2. The third-order valence-electron chi connectivity index (χ3n) is 2.83. The standard InChI is InChI=1S/C13H17BrN2O3/c14-11-2-1-5-15-12(11)13(18)16-6-10(17)8-19-7-9-3-4-9/h1-2,5,9-10,17H,3-4,6-8H2,(H,16,18). The molecule has 1 aromatic heterocycles. The number of nitrogens with zero attached hydrogens (tertiary/aromatic N) is 1. The number of carbonyl (C=O) groups is 1. The molecule has 0 saturated heterocycles. The zero-order valence-electron chi connectivity index (χ0n) is 10.5. The van der Waals surface area contributed by atoms with Crippen LogP contribution in [0.25, 0.3) is 0 Å². The lowest BCUT2D eigenvalue weighted by Crippen LogP contribution is -2.35. The molecule has 1 atom stereocenters. The molecule has 1 aliphatic rings. The van der Waals surface area contributed by atoms with Crippen molar-refractivity contribution in [1.82, 2.24) is 10.3 Å². The largest absolute Gasteiger partial charge is 0.389 e. The van der Waals surface area contributed by atoms with Crippen molar-refractivity contribution < 1.29 is 14.6 Å². The molecule has 1 heterocycles.